The Morgan fingerprint density at radius 3 is 2.41 bits per heavy atom. The first kappa shape index (κ1) is 23.7. The van der Waals surface area contributed by atoms with Crippen LogP contribution in [0.25, 0.3) is 10.6 Å². The average Bonchev–Trinajstić information content (AvgIpc) is 3.32. The largest absolute Gasteiger partial charge is 0.343 e. The number of aryl methyl sites for hydroxylation is 1. The second kappa shape index (κ2) is 11.6. The Bertz CT molecular complexity index is 1250. The summed E-state index contributed by atoms with van der Waals surface area (Å²) in [5.41, 5.74) is 3.03. The van der Waals surface area contributed by atoms with Gasteiger partial charge >= 0.3 is 0 Å². The summed E-state index contributed by atoms with van der Waals surface area (Å²) in [6.07, 6.45) is 0.373. The molecule has 8 heteroatoms. The summed E-state index contributed by atoms with van der Waals surface area (Å²) >= 11 is 2.73. The third-order valence-electron chi connectivity index (χ3n) is 4.97. The standard InChI is InChI=1S/C26H24N4O2S2/c1-18-9-8-12-20(15-18)25-29-30-26(34-25)28-24(32)22(16-19-10-4-2-5-11-19)27-23(31)17-33-21-13-6-3-7-14-21/h2-15,22H,16-17H2,1H3,(H,27,31)(H,28,30,32). The number of aromatic nitrogens is 2. The van der Waals surface area contributed by atoms with Gasteiger partial charge in [-0.3, -0.25) is 14.9 Å². The Kier molecular flexibility index (Phi) is 8.06. The molecule has 0 aliphatic heterocycles. The molecule has 1 aromatic heterocycles. The molecular formula is C26H24N4O2S2. The van der Waals surface area contributed by atoms with Crippen LogP contribution in [0.4, 0.5) is 5.13 Å². The van der Waals surface area contributed by atoms with Crippen molar-refractivity contribution >= 4 is 40.0 Å². The van der Waals surface area contributed by atoms with Crippen LogP contribution in [0, 0.1) is 6.92 Å². The van der Waals surface area contributed by atoms with Crippen LogP contribution in [0.3, 0.4) is 0 Å². The second-order valence-electron chi connectivity index (χ2n) is 7.68. The van der Waals surface area contributed by atoms with Crippen molar-refractivity contribution in [2.75, 3.05) is 11.1 Å². The van der Waals surface area contributed by atoms with Crippen molar-refractivity contribution in [1.29, 1.82) is 0 Å². The Balaban J connectivity index is 1.43. The summed E-state index contributed by atoms with van der Waals surface area (Å²) in [6, 6.07) is 26.5. The molecule has 4 aromatic rings. The lowest BCUT2D eigenvalue weighted by molar-refractivity contribution is -0.124. The van der Waals surface area contributed by atoms with Crippen LogP contribution in [0.5, 0.6) is 0 Å². The van der Waals surface area contributed by atoms with E-state index in [0.717, 1.165) is 26.6 Å². The van der Waals surface area contributed by atoms with Crippen molar-refractivity contribution < 1.29 is 9.59 Å². The Morgan fingerprint density at radius 2 is 1.68 bits per heavy atom. The first-order valence-electron chi connectivity index (χ1n) is 10.8. The predicted octanol–water partition coefficient (Wildman–Crippen LogP) is 4.97. The zero-order valence-electron chi connectivity index (χ0n) is 18.6. The number of nitrogens with one attached hydrogen (secondary N) is 2. The fourth-order valence-corrected chi connectivity index (χ4v) is 4.80. The van der Waals surface area contributed by atoms with Gasteiger partial charge in [0.1, 0.15) is 11.0 Å². The molecule has 0 bridgehead atoms. The monoisotopic (exact) mass is 488 g/mol. The Morgan fingerprint density at radius 1 is 0.941 bits per heavy atom. The van der Waals surface area contributed by atoms with Crippen LogP contribution in [-0.4, -0.2) is 33.8 Å². The van der Waals surface area contributed by atoms with E-state index in [1.54, 1.807) is 0 Å². The topological polar surface area (TPSA) is 84.0 Å². The van der Waals surface area contributed by atoms with Gasteiger partial charge in [-0.1, -0.05) is 83.6 Å². The highest BCUT2D eigenvalue weighted by molar-refractivity contribution is 8.00. The lowest BCUT2D eigenvalue weighted by atomic mass is 10.1. The molecule has 2 N–H and O–H groups in total. The van der Waals surface area contributed by atoms with Crippen LogP contribution >= 0.6 is 23.1 Å². The minimum Gasteiger partial charge on any atom is -0.343 e. The third-order valence-corrected chi connectivity index (χ3v) is 6.87. The SMILES string of the molecule is Cc1cccc(-c2nnc(NC(=O)C(Cc3ccccc3)NC(=O)CSc3ccccc3)s2)c1. The fourth-order valence-electron chi connectivity index (χ4n) is 3.32. The zero-order chi connectivity index (χ0) is 23.8. The van der Waals surface area contributed by atoms with Crippen LogP contribution in [-0.2, 0) is 16.0 Å². The molecule has 1 heterocycles. The van der Waals surface area contributed by atoms with Gasteiger partial charge in [-0.05, 0) is 30.7 Å². The van der Waals surface area contributed by atoms with Gasteiger partial charge in [-0.2, -0.15) is 0 Å². The quantitative estimate of drug-likeness (QED) is 0.325. The number of carbonyl (C=O) groups is 2. The number of nitrogens with zero attached hydrogens (tertiary/aromatic N) is 2. The summed E-state index contributed by atoms with van der Waals surface area (Å²) in [4.78, 5) is 26.8. The summed E-state index contributed by atoms with van der Waals surface area (Å²) < 4.78 is 0. The van der Waals surface area contributed by atoms with E-state index in [1.807, 2.05) is 91.9 Å². The van der Waals surface area contributed by atoms with Gasteiger partial charge in [0.05, 0.1) is 5.75 Å². The third kappa shape index (κ3) is 6.76. The van der Waals surface area contributed by atoms with Gasteiger partial charge in [0.2, 0.25) is 16.9 Å². The lowest BCUT2D eigenvalue weighted by Gasteiger charge is -2.18. The molecule has 0 saturated carbocycles. The van der Waals surface area contributed by atoms with E-state index in [4.69, 9.17) is 0 Å². The highest BCUT2D eigenvalue weighted by Crippen LogP contribution is 2.27. The highest BCUT2D eigenvalue weighted by atomic mass is 32.2. The molecule has 1 atom stereocenters. The number of carbonyl (C=O) groups excluding carboxylic acids is 2. The minimum atomic E-state index is -0.738. The van der Waals surface area contributed by atoms with E-state index in [9.17, 15) is 9.59 Å². The number of amides is 2. The van der Waals surface area contributed by atoms with Crippen molar-refractivity contribution in [3.05, 3.63) is 96.1 Å². The zero-order valence-corrected chi connectivity index (χ0v) is 20.2. The predicted molar refractivity (Wildman–Crippen MR) is 138 cm³/mol. The molecule has 0 radical (unpaired) electrons. The second-order valence-corrected chi connectivity index (χ2v) is 9.71. The number of thioether (sulfide) groups is 1. The van der Waals surface area contributed by atoms with Crippen molar-refractivity contribution in [2.24, 2.45) is 0 Å². The molecule has 2 amide bonds. The summed E-state index contributed by atoms with van der Waals surface area (Å²) in [5.74, 6) is -0.310. The molecule has 4 rings (SSSR count). The molecule has 34 heavy (non-hydrogen) atoms. The van der Waals surface area contributed by atoms with Crippen LogP contribution < -0.4 is 10.6 Å². The highest BCUT2D eigenvalue weighted by Gasteiger charge is 2.23. The molecule has 0 aliphatic carbocycles. The van der Waals surface area contributed by atoms with Crippen LogP contribution in [0.15, 0.2) is 89.8 Å². The van der Waals surface area contributed by atoms with E-state index in [2.05, 4.69) is 20.8 Å². The molecule has 0 fully saturated rings. The van der Waals surface area contributed by atoms with Gasteiger partial charge in [0, 0.05) is 16.9 Å². The van der Waals surface area contributed by atoms with E-state index in [-0.39, 0.29) is 17.6 Å². The normalized spacial score (nSPS) is 11.6. The smallest absolute Gasteiger partial charge is 0.249 e. The van der Waals surface area contributed by atoms with Crippen molar-refractivity contribution in [3.63, 3.8) is 0 Å². The lowest BCUT2D eigenvalue weighted by Crippen LogP contribution is -2.46. The van der Waals surface area contributed by atoms with Gasteiger partial charge < -0.3 is 5.32 Å². The molecule has 0 spiro atoms. The Labute approximate surface area is 206 Å². The first-order valence-corrected chi connectivity index (χ1v) is 12.6. The van der Waals surface area contributed by atoms with Gasteiger partial charge in [-0.15, -0.1) is 22.0 Å². The van der Waals surface area contributed by atoms with E-state index in [0.29, 0.717) is 11.6 Å². The first-order chi connectivity index (χ1) is 16.6. The van der Waals surface area contributed by atoms with Gasteiger partial charge in [0.25, 0.3) is 0 Å². The molecule has 1 unspecified atom stereocenters. The van der Waals surface area contributed by atoms with E-state index in [1.165, 1.54) is 23.1 Å². The summed E-state index contributed by atoms with van der Waals surface area (Å²) in [5, 5.41) is 15.2. The molecule has 0 saturated heterocycles. The molecule has 3 aromatic carbocycles. The number of benzene rings is 3. The van der Waals surface area contributed by atoms with Crippen molar-refractivity contribution in [1.82, 2.24) is 15.5 Å². The van der Waals surface area contributed by atoms with Crippen molar-refractivity contribution in [3.8, 4) is 10.6 Å². The molecule has 6 nitrogen and oxygen atoms in total. The maximum Gasteiger partial charge on any atom is 0.249 e. The number of hydrogen-bond donors (Lipinski definition) is 2. The molecule has 0 aliphatic rings. The van der Waals surface area contributed by atoms with E-state index < -0.39 is 6.04 Å². The number of rotatable bonds is 9. The van der Waals surface area contributed by atoms with Crippen LogP contribution in [0.2, 0.25) is 0 Å². The van der Waals surface area contributed by atoms with Crippen molar-refractivity contribution in [2.45, 2.75) is 24.3 Å². The van der Waals surface area contributed by atoms with Crippen LogP contribution in [0.1, 0.15) is 11.1 Å². The van der Waals surface area contributed by atoms with E-state index >= 15 is 0 Å². The molecular weight excluding hydrogens is 464 g/mol. The Hall–Kier alpha value is -3.49. The minimum absolute atomic E-state index is 0.206. The fraction of sp³-hybridized carbons (Fsp3) is 0.154. The summed E-state index contributed by atoms with van der Waals surface area (Å²) in [7, 11) is 0. The number of anilines is 1. The number of hydrogen-bond acceptors (Lipinski definition) is 6. The maximum absolute atomic E-state index is 13.1. The molecule has 172 valence electrons. The average molecular weight is 489 g/mol. The van der Waals surface area contributed by atoms with Gasteiger partial charge in [-0.25, -0.2) is 0 Å². The van der Waals surface area contributed by atoms with Gasteiger partial charge in [0.15, 0.2) is 0 Å². The maximum atomic E-state index is 13.1. The summed E-state index contributed by atoms with van der Waals surface area (Å²) in [6.45, 7) is 2.01.